The van der Waals surface area contributed by atoms with Crippen LogP contribution in [0.25, 0.3) is 0 Å². The number of hydrogen-bond donors (Lipinski definition) is 2. The SMILES string of the molecule is CC(C)c1ccc(CN2C(=O)[C@H](N[C@@H](Cc3ccccc3)C(=O)O)CCc3ccccc32)cc1.Cl. The zero-order chi connectivity index (χ0) is 24.1. The number of rotatable bonds is 8. The van der Waals surface area contributed by atoms with Gasteiger partial charge in [0.2, 0.25) is 5.91 Å². The molecule has 2 N–H and O–H groups in total. The topological polar surface area (TPSA) is 69.6 Å². The van der Waals surface area contributed by atoms with Crippen LogP contribution in [0.2, 0.25) is 0 Å². The monoisotopic (exact) mass is 492 g/mol. The van der Waals surface area contributed by atoms with E-state index in [1.54, 1.807) is 0 Å². The van der Waals surface area contributed by atoms with Crippen LogP contribution in [0.3, 0.4) is 0 Å². The highest BCUT2D eigenvalue weighted by atomic mass is 35.5. The molecule has 5 nitrogen and oxygen atoms in total. The maximum absolute atomic E-state index is 13.8. The minimum atomic E-state index is -0.950. The molecule has 0 fully saturated rings. The predicted octanol–water partition coefficient (Wildman–Crippen LogP) is 5.37. The summed E-state index contributed by atoms with van der Waals surface area (Å²) in [7, 11) is 0. The van der Waals surface area contributed by atoms with E-state index in [0.29, 0.717) is 31.7 Å². The number of carboxylic acid groups (broad SMARTS) is 1. The third kappa shape index (κ3) is 6.50. The number of halogens is 1. The van der Waals surface area contributed by atoms with Gasteiger partial charge in [-0.2, -0.15) is 0 Å². The highest BCUT2D eigenvalue weighted by Gasteiger charge is 2.33. The Morgan fingerprint density at radius 3 is 2.29 bits per heavy atom. The van der Waals surface area contributed by atoms with Crippen LogP contribution < -0.4 is 10.2 Å². The molecule has 1 aliphatic rings. The zero-order valence-electron chi connectivity index (χ0n) is 20.2. The van der Waals surface area contributed by atoms with E-state index in [4.69, 9.17) is 0 Å². The molecule has 0 radical (unpaired) electrons. The summed E-state index contributed by atoms with van der Waals surface area (Å²) >= 11 is 0. The molecule has 2 atom stereocenters. The van der Waals surface area contributed by atoms with Gasteiger partial charge in [-0.1, -0.05) is 86.6 Å². The van der Waals surface area contributed by atoms with Gasteiger partial charge in [-0.25, -0.2) is 0 Å². The van der Waals surface area contributed by atoms with Gasteiger partial charge in [0, 0.05) is 5.69 Å². The van der Waals surface area contributed by atoms with Crippen molar-refractivity contribution in [2.24, 2.45) is 0 Å². The van der Waals surface area contributed by atoms with E-state index in [-0.39, 0.29) is 18.3 Å². The summed E-state index contributed by atoms with van der Waals surface area (Å²) in [5.41, 5.74) is 5.24. The van der Waals surface area contributed by atoms with E-state index in [2.05, 4.69) is 49.5 Å². The Balaban J connectivity index is 0.00000342. The normalized spacial score (nSPS) is 16.3. The molecule has 1 heterocycles. The maximum atomic E-state index is 13.8. The minimum Gasteiger partial charge on any atom is -0.480 e. The van der Waals surface area contributed by atoms with Crippen LogP contribution in [0.4, 0.5) is 5.69 Å². The van der Waals surface area contributed by atoms with Gasteiger partial charge >= 0.3 is 5.97 Å². The van der Waals surface area contributed by atoms with Gasteiger partial charge in [-0.15, -0.1) is 12.4 Å². The lowest BCUT2D eigenvalue weighted by Crippen LogP contribution is -2.52. The Kier molecular flexibility index (Phi) is 9.07. The number of carboxylic acids is 1. The number of aryl methyl sites for hydroxylation is 1. The number of nitrogens with zero attached hydrogens (tertiary/aromatic N) is 1. The van der Waals surface area contributed by atoms with Crippen LogP contribution in [0.1, 0.15) is 48.4 Å². The van der Waals surface area contributed by atoms with Gasteiger partial charge in [0.25, 0.3) is 0 Å². The number of fused-ring (bicyclic) bond motifs is 1. The summed E-state index contributed by atoms with van der Waals surface area (Å²) < 4.78 is 0. The number of nitrogens with one attached hydrogen (secondary N) is 1. The summed E-state index contributed by atoms with van der Waals surface area (Å²) in [5.74, 6) is -0.591. The average Bonchev–Trinajstić information content (AvgIpc) is 2.97. The molecule has 1 amide bonds. The van der Waals surface area contributed by atoms with E-state index < -0.39 is 18.1 Å². The van der Waals surface area contributed by atoms with Crippen molar-refractivity contribution < 1.29 is 14.7 Å². The first kappa shape index (κ1) is 26.5. The molecule has 0 unspecified atom stereocenters. The number of para-hydroxylation sites is 1. The highest BCUT2D eigenvalue weighted by Crippen LogP contribution is 2.29. The molecule has 0 saturated heterocycles. The summed E-state index contributed by atoms with van der Waals surface area (Å²) in [5, 5.41) is 13.1. The first-order chi connectivity index (χ1) is 16.4. The third-order valence-corrected chi connectivity index (χ3v) is 6.52. The first-order valence-corrected chi connectivity index (χ1v) is 11.9. The zero-order valence-corrected chi connectivity index (χ0v) is 21.0. The van der Waals surface area contributed by atoms with Crippen LogP contribution in [-0.4, -0.2) is 29.1 Å². The average molecular weight is 493 g/mol. The Morgan fingerprint density at radius 2 is 1.63 bits per heavy atom. The second kappa shape index (κ2) is 12.0. The molecule has 6 heteroatoms. The number of carbonyl (C=O) groups excluding carboxylic acids is 1. The number of amides is 1. The Hall–Kier alpha value is -3.15. The lowest BCUT2D eigenvalue weighted by molar-refractivity contribution is -0.139. The van der Waals surface area contributed by atoms with Gasteiger partial charge in [-0.05, 0) is 53.5 Å². The van der Waals surface area contributed by atoms with Crippen molar-refractivity contribution in [3.63, 3.8) is 0 Å². The van der Waals surface area contributed by atoms with Gasteiger partial charge in [0.15, 0.2) is 0 Å². The fraction of sp³-hybridized carbons (Fsp3) is 0.310. The molecular formula is C29H33ClN2O3. The first-order valence-electron chi connectivity index (χ1n) is 11.9. The van der Waals surface area contributed by atoms with Crippen LogP contribution >= 0.6 is 12.4 Å². The molecule has 0 aliphatic carbocycles. The molecule has 0 spiro atoms. The minimum absolute atomic E-state index is 0. The predicted molar refractivity (Wildman–Crippen MR) is 142 cm³/mol. The summed E-state index contributed by atoms with van der Waals surface area (Å²) in [6, 6.07) is 24.5. The highest BCUT2D eigenvalue weighted by molar-refractivity contribution is 5.99. The standard InChI is InChI=1S/C29H32N2O3.ClH/c1-20(2)23-14-12-22(13-15-23)19-31-27-11-7-6-10-24(27)16-17-25(28(31)32)30-26(29(33)34)18-21-8-4-3-5-9-21;/h3-15,20,25-26,30H,16-19H2,1-2H3,(H,33,34);1H/t25-,26+;/m1./s1. The van der Waals surface area contributed by atoms with Gasteiger partial charge in [-0.3, -0.25) is 14.9 Å². The summed E-state index contributed by atoms with van der Waals surface area (Å²) in [6.07, 6.45) is 1.58. The smallest absolute Gasteiger partial charge is 0.321 e. The number of carbonyl (C=O) groups is 2. The number of benzene rings is 3. The largest absolute Gasteiger partial charge is 0.480 e. The molecular weight excluding hydrogens is 460 g/mol. The van der Waals surface area contributed by atoms with Crippen molar-refractivity contribution in [2.75, 3.05) is 4.90 Å². The van der Waals surface area contributed by atoms with E-state index in [1.807, 2.05) is 53.4 Å². The van der Waals surface area contributed by atoms with Gasteiger partial charge < -0.3 is 10.0 Å². The van der Waals surface area contributed by atoms with Crippen molar-refractivity contribution in [1.29, 1.82) is 0 Å². The van der Waals surface area contributed by atoms with Crippen LogP contribution in [-0.2, 0) is 29.0 Å². The molecule has 4 rings (SSSR count). The van der Waals surface area contributed by atoms with Crippen molar-refractivity contribution >= 4 is 30.0 Å². The van der Waals surface area contributed by atoms with Crippen molar-refractivity contribution in [3.8, 4) is 0 Å². The quantitative estimate of drug-likeness (QED) is 0.444. The molecule has 1 aliphatic heterocycles. The van der Waals surface area contributed by atoms with E-state index in [0.717, 1.165) is 22.4 Å². The summed E-state index contributed by atoms with van der Waals surface area (Å²) in [4.78, 5) is 27.6. The molecule has 0 bridgehead atoms. The molecule has 0 aromatic heterocycles. The van der Waals surface area contributed by atoms with Crippen LogP contribution in [0.5, 0.6) is 0 Å². The Morgan fingerprint density at radius 1 is 0.971 bits per heavy atom. The fourth-order valence-electron chi connectivity index (χ4n) is 4.53. The lowest BCUT2D eigenvalue weighted by atomic mass is 10.0. The molecule has 184 valence electrons. The van der Waals surface area contributed by atoms with E-state index >= 15 is 0 Å². The fourth-order valence-corrected chi connectivity index (χ4v) is 4.53. The van der Waals surface area contributed by atoms with Crippen LogP contribution in [0.15, 0.2) is 78.9 Å². The number of hydrogen-bond acceptors (Lipinski definition) is 3. The van der Waals surface area contributed by atoms with Crippen molar-refractivity contribution in [2.45, 2.75) is 57.7 Å². The maximum Gasteiger partial charge on any atom is 0.321 e. The van der Waals surface area contributed by atoms with E-state index in [9.17, 15) is 14.7 Å². The third-order valence-electron chi connectivity index (χ3n) is 6.52. The second-order valence-electron chi connectivity index (χ2n) is 9.29. The molecule has 0 saturated carbocycles. The number of aliphatic carboxylic acids is 1. The lowest BCUT2D eigenvalue weighted by Gasteiger charge is -2.28. The van der Waals surface area contributed by atoms with Crippen LogP contribution in [0, 0.1) is 0 Å². The molecule has 3 aromatic rings. The second-order valence-corrected chi connectivity index (χ2v) is 9.29. The van der Waals surface area contributed by atoms with Gasteiger partial charge in [0.1, 0.15) is 6.04 Å². The Bertz CT molecular complexity index is 1130. The van der Waals surface area contributed by atoms with Crippen molar-refractivity contribution in [3.05, 3.63) is 101 Å². The number of anilines is 1. The van der Waals surface area contributed by atoms with E-state index in [1.165, 1.54) is 5.56 Å². The molecule has 35 heavy (non-hydrogen) atoms. The molecule has 3 aromatic carbocycles. The Labute approximate surface area is 213 Å². The van der Waals surface area contributed by atoms with Gasteiger partial charge in [0.05, 0.1) is 12.6 Å². The summed E-state index contributed by atoms with van der Waals surface area (Å²) in [6.45, 7) is 4.77. The van der Waals surface area contributed by atoms with Crippen molar-refractivity contribution in [1.82, 2.24) is 5.32 Å².